The SMILES string of the molecule is Cc1nsc(Nc2cnc(C(F)(F)F)cn2)c1C(=O)Nc1ccc(OC2CCN(CC(F)(F)F)CC2C)nc1. The Morgan fingerprint density at radius 2 is 1.90 bits per heavy atom. The Morgan fingerprint density at radius 3 is 2.49 bits per heavy atom. The van der Waals surface area contributed by atoms with Gasteiger partial charge in [-0.3, -0.25) is 9.69 Å². The van der Waals surface area contributed by atoms with Crippen LogP contribution in [0.1, 0.15) is 35.1 Å². The average Bonchev–Trinajstić information content (AvgIpc) is 3.20. The lowest BCUT2D eigenvalue weighted by Crippen LogP contribution is -2.47. The van der Waals surface area contributed by atoms with Crippen molar-refractivity contribution in [2.75, 3.05) is 30.3 Å². The molecule has 0 aliphatic carbocycles. The number of aromatic nitrogens is 4. The number of nitrogens with zero attached hydrogens (tertiary/aromatic N) is 5. The van der Waals surface area contributed by atoms with Gasteiger partial charge >= 0.3 is 12.4 Å². The van der Waals surface area contributed by atoms with Crippen molar-refractivity contribution >= 4 is 33.9 Å². The molecular weight excluding hydrogens is 552 g/mol. The van der Waals surface area contributed by atoms with Gasteiger partial charge in [-0.2, -0.15) is 30.7 Å². The summed E-state index contributed by atoms with van der Waals surface area (Å²) in [7, 11) is 0. The van der Waals surface area contributed by atoms with Crippen LogP contribution in [0, 0.1) is 12.8 Å². The molecule has 3 aromatic heterocycles. The fourth-order valence-electron chi connectivity index (χ4n) is 4.03. The molecule has 210 valence electrons. The summed E-state index contributed by atoms with van der Waals surface area (Å²) < 4.78 is 86.1. The van der Waals surface area contributed by atoms with Crippen LogP contribution in [0.5, 0.6) is 5.88 Å². The molecule has 3 aromatic rings. The molecule has 4 heterocycles. The lowest BCUT2D eigenvalue weighted by Gasteiger charge is -2.36. The van der Waals surface area contributed by atoms with E-state index >= 15 is 0 Å². The Labute approximate surface area is 222 Å². The Kier molecular flexibility index (Phi) is 8.25. The lowest BCUT2D eigenvalue weighted by molar-refractivity contribution is -0.152. The largest absolute Gasteiger partial charge is 0.474 e. The molecule has 1 fully saturated rings. The van der Waals surface area contributed by atoms with Crippen LogP contribution in [0.4, 0.5) is 42.8 Å². The van der Waals surface area contributed by atoms with Crippen molar-refractivity contribution in [1.29, 1.82) is 0 Å². The summed E-state index contributed by atoms with van der Waals surface area (Å²) in [6, 6.07) is 3.10. The maximum Gasteiger partial charge on any atom is 0.434 e. The number of rotatable bonds is 7. The number of halogens is 6. The molecule has 0 aromatic carbocycles. The van der Waals surface area contributed by atoms with Gasteiger partial charge in [0.05, 0.1) is 42.1 Å². The summed E-state index contributed by atoms with van der Waals surface area (Å²) in [5, 5.41) is 5.71. The third-order valence-electron chi connectivity index (χ3n) is 5.85. The van der Waals surface area contributed by atoms with Crippen LogP contribution >= 0.6 is 11.5 Å². The summed E-state index contributed by atoms with van der Waals surface area (Å²) in [6.45, 7) is 2.98. The third-order valence-corrected chi connectivity index (χ3v) is 6.71. The topological polar surface area (TPSA) is 105 Å². The number of hydrogen-bond acceptors (Lipinski definition) is 9. The molecular formula is C23H23F6N7O2S. The molecule has 9 nitrogen and oxygen atoms in total. The minimum atomic E-state index is -4.63. The quantitative estimate of drug-likeness (QED) is 0.366. The predicted octanol–water partition coefficient (Wildman–Crippen LogP) is 5.30. The van der Waals surface area contributed by atoms with E-state index in [9.17, 15) is 31.1 Å². The molecule has 1 aliphatic rings. The average molecular weight is 576 g/mol. The number of likely N-dealkylation sites (tertiary alicyclic amines) is 1. The molecule has 39 heavy (non-hydrogen) atoms. The van der Waals surface area contributed by atoms with Gasteiger partial charge in [-0.25, -0.2) is 15.0 Å². The first-order valence-corrected chi connectivity index (χ1v) is 12.4. The molecule has 0 saturated carbocycles. The number of aryl methyl sites for hydroxylation is 1. The third kappa shape index (κ3) is 7.53. The number of ether oxygens (including phenoxy) is 1. The van der Waals surface area contributed by atoms with E-state index < -0.39 is 30.5 Å². The summed E-state index contributed by atoms with van der Waals surface area (Å²) in [5.74, 6) is -0.408. The number of pyridine rings is 1. The summed E-state index contributed by atoms with van der Waals surface area (Å²) in [6.07, 6.45) is -5.90. The molecule has 4 rings (SSSR count). The molecule has 0 bridgehead atoms. The van der Waals surface area contributed by atoms with E-state index in [1.54, 1.807) is 19.1 Å². The van der Waals surface area contributed by atoms with Gasteiger partial charge in [0.25, 0.3) is 5.91 Å². The number of nitrogens with one attached hydrogen (secondary N) is 2. The fraction of sp³-hybridized carbons (Fsp3) is 0.435. The van der Waals surface area contributed by atoms with Gasteiger partial charge < -0.3 is 15.4 Å². The fourth-order valence-corrected chi connectivity index (χ4v) is 4.83. The highest BCUT2D eigenvalue weighted by atomic mass is 32.1. The van der Waals surface area contributed by atoms with Gasteiger partial charge in [0.15, 0.2) is 5.69 Å². The van der Waals surface area contributed by atoms with Crippen LogP contribution < -0.4 is 15.4 Å². The van der Waals surface area contributed by atoms with Gasteiger partial charge in [0, 0.05) is 25.1 Å². The van der Waals surface area contributed by atoms with E-state index in [0.29, 0.717) is 24.0 Å². The van der Waals surface area contributed by atoms with Crippen molar-refractivity contribution in [1.82, 2.24) is 24.2 Å². The molecule has 16 heteroatoms. The smallest absolute Gasteiger partial charge is 0.434 e. The Morgan fingerprint density at radius 1 is 1.13 bits per heavy atom. The first-order valence-electron chi connectivity index (χ1n) is 11.6. The second-order valence-corrected chi connectivity index (χ2v) is 9.77. The molecule has 1 amide bonds. The zero-order valence-corrected chi connectivity index (χ0v) is 21.4. The maximum absolute atomic E-state index is 13.0. The van der Waals surface area contributed by atoms with Crippen molar-refractivity contribution in [3.63, 3.8) is 0 Å². The zero-order valence-electron chi connectivity index (χ0n) is 20.6. The Balaban J connectivity index is 1.36. The summed E-state index contributed by atoms with van der Waals surface area (Å²) >= 11 is 0.931. The van der Waals surface area contributed by atoms with Gasteiger partial charge in [0.2, 0.25) is 5.88 Å². The van der Waals surface area contributed by atoms with Crippen molar-refractivity contribution in [3.8, 4) is 5.88 Å². The van der Waals surface area contributed by atoms with Gasteiger partial charge in [0.1, 0.15) is 16.9 Å². The predicted molar refractivity (Wildman–Crippen MR) is 130 cm³/mol. The highest BCUT2D eigenvalue weighted by Crippen LogP contribution is 2.31. The lowest BCUT2D eigenvalue weighted by atomic mass is 9.96. The normalized spacial score (nSPS) is 18.6. The minimum Gasteiger partial charge on any atom is -0.474 e. The standard InChI is InChI=1S/C23H23F6N7O2S/c1-12-10-36(11-22(24,25)26)6-5-15(12)38-18-4-3-14(7-32-18)33-20(37)19-13(2)35-39-21(19)34-17-9-30-16(8-31-17)23(27,28)29/h3-4,7-9,12,15H,5-6,10-11H2,1-2H3,(H,31,34)(H,33,37). The Hall–Kier alpha value is -3.53. The molecule has 0 radical (unpaired) electrons. The molecule has 1 aliphatic heterocycles. The first-order chi connectivity index (χ1) is 18.3. The number of alkyl halides is 6. The van der Waals surface area contributed by atoms with Crippen molar-refractivity contribution < 1.29 is 35.9 Å². The Bertz CT molecular complexity index is 1280. The zero-order chi connectivity index (χ0) is 28.4. The highest BCUT2D eigenvalue weighted by molar-refractivity contribution is 7.10. The molecule has 2 atom stereocenters. The molecule has 2 unspecified atom stereocenters. The second-order valence-electron chi connectivity index (χ2n) is 8.99. The molecule has 2 N–H and O–H groups in total. The number of anilines is 3. The van der Waals surface area contributed by atoms with Crippen LogP contribution in [0.15, 0.2) is 30.7 Å². The van der Waals surface area contributed by atoms with E-state index in [2.05, 4.69) is 30.0 Å². The van der Waals surface area contributed by atoms with E-state index in [0.717, 1.165) is 17.7 Å². The minimum absolute atomic E-state index is 0.00216. The van der Waals surface area contributed by atoms with E-state index in [-0.39, 0.29) is 47.4 Å². The van der Waals surface area contributed by atoms with Crippen molar-refractivity contribution in [2.24, 2.45) is 5.92 Å². The van der Waals surface area contributed by atoms with Crippen LogP contribution in [0.2, 0.25) is 0 Å². The second kappa shape index (κ2) is 11.3. The number of carbonyl (C=O) groups excluding carboxylic acids is 1. The monoisotopic (exact) mass is 575 g/mol. The number of carbonyl (C=O) groups is 1. The molecule has 0 spiro atoms. The first kappa shape index (κ1) is 28.5. The maximum atomic E-state index is 13.0. The van der Waals surface area contributed by atoms with E-state index in [4.69, 9.17) is 4.74 Å². The van der Waals surface area contributed by atoms with E-state index in [1.807, 2.05) is 6.92 Å². The molecule has 1 saturated heterocycles. The number of amides is 1. The van der Waals surface area contributed by atoms with Crippen molar-refractivity contribution in [2.45, 2.75) is 38.7 Å². The number of piperidine rings is 1. The summed E-state index contributed by atoms with van der Waals surface area (Å²) in [5.41, 5.74) is -0.251. The van der Waals surface area contributed by atoms with Crippen LogP contribution in [0.25, 0.3) is 0 Å². The number of hydrogen-bond donors (Lipinski definition) is 2. The van der Waals surface area contributed by atoms with Gasteiger partial charge in [-0.1, -0.05) is 6.92 Å². The highest BCUT2D eigenvalue weighted by Gasteiger charge is 2.36. The van der Waals surface area contributed by atoms with E-state index in [1.165, 1.54) is 11.1 Å². The van der Waals surface area contributed by atoms with Crippen LogP contribution in [0.3, 0.4) is 0 Å². The van der Waals surface area contributed by atoms with Gasteiger partial charge in [-0.05, 0) is 30.9 Å². The van der Waals surface area contributed by atoms with Gasteiger partial charge in [-0.15, -0.1) is 0 Å². The van der Waals surface area contributed by atoms with Crippen LogP contribution in [-0.4, -0.2) is 62.0 Å². The van der Waals surface area contributed by atoms with Crippen LogP contribution in [-0.2, 0) is 6.18 Å². The summed E-state index contributed by atoms with van der Waals surface area (Å²) in [4.78, 5) is 25.5. The van der Waals surface area contributed by atoms with Crippen molar-refractivity contribution in [3.05, 3.63) is 47.7 Å².